The van der Waals surface area contributed by atoms with Gasteiger partial charge in [0.25, 0.3) is 0 Å². The molecule has 0 spiro atoms. The van der Waals surface area contributed by atoms with Gasteiger partial charge in [0.05, 0.1) is 44.0 Å². The topological polar surface area (TPSA) is 47.1 Å². The predicted molar refractivity (Wildman–Crippen MR) is 591 cm³/mol. The fourth-order valence-electron chi connectivity index (χ4n) is 17.7. The van der Waals surface area contributed by atoms with Gasteiger partial charge in [-0.3, -0.25) is 29.4 Å². The molecule has 12 atom stereocenters. The molecule has 0 bridgehead atoms. The fourth-order valence-corrected chi connectivity index (χ4v) is 52.4. The molecule has 0 N–H and O–H groups in total. The van der Waals surface area contributed by atoms with E-state index in [-0.39, 0.29) is 0 Å². The molecule has 0 saturated carbocycles. The van der Waals surface area contributed by atoms with E-state index in [1.165, 1.54) is 263 Å². The number of hydrogen-bond donors (Lipinski definition) is 0. The normalized spacial score (nSPS) is 13.5. The maximum Gasteiger partial charge on any atom is 0.126 e. The van der Waals surface area contributed by atoms with Crippen LogP contribution in [0.2, 0.25) is 225 Å². The number of benzene rings is 1. The lowest BCUT2D eigenvalue weighted by molar-refractivity contribution is 0.278. The van der Waals surface area contributed by atoms with Crippen molar-refractivity contribution in [2.24, 2.45) is 0 Å². The average molecular weight is 1950 g/mol. The SMILES string of the molecule is C[Si](C)(CCCN(CP)CP)CCC[Si](C)(CCCCCCOc1cc(OCCCC[Si](C)(CCC[Si](C)(C)CCCN(CP)CP)CCC[Si](C)(C)CCCN(CP)CP)cc(OCCCC[Si](C)(CCC[Si](C)(C)CCCN(CP)CP)CCC[Si](C)(C)CCCN(CP)CP)c1)CCC[Si](C)(C)CCCN(CP)CP. The van der Waals surface area contributed by atoms with Crippen LogP contribution < -0.4 is 14.2 Å². The highest BCUT2D eigenvalue weighted by Gasteiger charge is 2.34. The average Bonchev–Trinajstić information content (AvgIpc) is 0.871. The molecule has 1 rings (SSSR count). The zero-order chi connectivity index (χ0) is 84.8. The summed E-state index contributed by atoms with van der Waals surface area (Å²) in [7, 11) is 23.6. The van der Waals surface area contributed by atoms with Crippen molar-refractivity contribution in [2.75, 3.05) is 135 Å². The van der Waals surface area contributed by atoms with Gasteiger partial charge in [0.1, 0.15) is 17.2 Å². The Morgan fingerprint density at radius 2 is 0.327 bits per heavy atom. The maximum atomic E-state index is 6.89. The standard InChI is InChI=1S/C83H196N6O3P12Si9/c1-105(2,45-24-36-84(69-93)70-94)51-30-60-111(13,61-31-52-106(3,4)46-25-37-85(71-95)72-96)57-21-17-16-18-42-90-81-66-82(91-43-19-22-58-112(14,62-32-53-107(5,6)47-26-38-86(73-97)74-98)63-33-54-108(7,8)48-27-39-87(75-99)76-100)68-83(67-81)92-44-20-23-59-113(15,64-34-55-109(9,10)49-28-40-88(77-101)78-102)65-35-56-110(11,12)50-29-41-89(79-103)80-104/h66-68H,16-65,69-80,93-104H2,1-15H3. The molecular weight excluding hydrogens is 1750 g/mol. The molecule has 9 nitrogen and oxygen atoms in total. The highest BCUT2D eigenvalue weighted by Crippen LogP contribution is 2.39. The number of hydrogen-bond acceptors (Lipinski definition) is 9. The molecule has 0 aliphatic carbocycles. The summed E-state index contributed by atoms with van der Waals surface area (Å²) >= 11 is 0. The van der Waals surface area contributed by atoms with Crippen LogP contribution in [-0.4, -0.2) is 237 Å². The molecule has 0 heterocycles. The van der Waals surface area contributed by atoms with Crippen LogP contribution in [0.5, 0.6) is 17.2 Å². The Bertz CT molecular complexity index is 2230. The fraction of sp³-hybridized carbons (Fsp3) is 0.928. The van der Waals surface area contributed by atoms with E-state index < -0.39 is 72.7 Å². The van der Waals surface area contributed by atoms with E-state index in [0.29, 0.717) is 0 Å². The zero-order valence-electron chi connectivity index (χ0n) is 77.4. The number of ether oxygens (including phenoxy) is 3. The molecule has 0 aromatic heterocycles. The van der Waals surface area contributed by atoms with Crippen LogP contribution in [0.3, 0.4) is 0 Å². The van der Waals surface area contributed by atoms with Gasteiger partial charge in [0.15, 0.2) is 0 Å². The smallest absolute Gasteiger partial charge is 0.126 e. The second-order valence-electron chi connectivity index (χ2n) is 41.0. The largest absolute Gasteiger partial charge is 0.493 e. The van der Waals surface area contributed by atoms with Crippen LogP contribution in [0, 0.1) is 0 Å². The lowest BCUT2D eigenvalue weighted by Crippen LogP contribution is -2.33. The van der Waals surface area contributed by atoms with Gasteiger partial charge in [0, 0.05) is 142 Å². The first-order valence-corrected chi connectivity index (χ1v) is 85.9. The van der Waals surface area contributed by atoms with Gasteiger partial charge in [-0.2, -0.15) is 0 Å². The van der Waals surface area contributed by atoms with Crippen LogP contribution >= 0.6 is 111 Å². The van der Waals surface area contributed by atoms with E-state index in [9.17, 15) is 0 Å². The molecular formula is C83H196N6O3P12Si9. The first-order valence-electron chi connectivity index (χ1n) is 46.2. The Hall–Kier alpha value is 5.49. The third-order valence-electron chi connectivity index (χ3n) is 26.6. The minimum Gasteiger partial charge on any atom is -0.493 e. The van der Waals surface area contributed by atoms with Gasteiger partial charge >= 0.3 is 0 Å². The molecule has 0 aliphatic heterocycles. The molecule has 0 amide bonds. The predicted octanol–water partition coefficient (Wildman–Crippen LogP) is 26.9. The molecule has 0 aliphatic rings. The molecule has 113 heavy (non-hydrogen) atoms. The van der Waals surface area contributed by atoms with Crippen LogP contribution in [0.4, 0.5) is 0 Å². The van der Waals surface area contributed by atoms with Crippen LogP contribution in [0.15, 0.2) is 18.2 Å². The Kier molecular flexibility index (Phi) is 68.9. The first kappa shape index (κ1) is 117. The van der Waals surface area contributed by atoms with Crippen LogP contribution in [-0.2, 0) is 0 Å². The Balaban J connectivity index is 3.48. The summed E-state index contributed by atoms with van der Waals surface area (Å²) in [6.07, 6.45) is 39.8. The summed E-state index contributed by atoms with van der Waals surface area (Å²) in [5.41, 5.74) is 0. The molecule has 0 saturated heterocycles. The second kappa shape index (κ2) is 66.8. The molecule has 0 radical (unpaired) electrons. The van der Waals surface area contributed by atoms with Crippen molar-refractivity contribution in [1.82, 2.24) is 29.4 Å². The highest BCUT2D eigenvalue weighted by molar-refractivity contribution is 7.19. The highest BCUT2D eigenvalue weighted by atomic mass is 31.0. The van der Waals surface area contributed by atoms with E-state index in [0.717, 1.165) is 132 Å². The summed E-state index contributed by atoms with van der Waals surface area (Å²) in [5.74, 6) is 2.79. The van der Waals surface area contributed by atoms with E-state index in [2.05, 4.69) is 257 Å². The van der Waals surface area contributed by atoms with Crippen LogP contribution in [0.1, 0.15) is 128 Å². The van der Waals surface area contributed by atoms with Crippen molar-refractivity contribution < 1.29 is 14.2 Å². The summed E-state index contributed by atoms with van der Waals surface area (Å²) in [6, 6.07) is 37.9. The number of nitrogens with zero attached hydrogens (tertiary/aromatic N) is 6. The van der Waals surface area contributed by atoms with E-state index >= 15 is 0 Å². The molecule has 0 fully saturated rings. The van der Waals surface area contributed by atoms with Gasteiger partial charge in [-0.1, -0.05) is 296 Å². The van der Waals surface area contributed by atoms with E-state index in [4.69, 9.17) is 14.2 Å². The van der Waals surface area contributed by atoms with Gasteiger partial charge in [-0.25, -0.2) is 0 Å². The van der Waals surface area contributed by atoms with Crippen molar-refractivity contribution >= 4 is 184 Å². The van der Waals surface area contributed by atoms with E-state index in [1.54, 1.807) is 12.1 Å². The summed E-state index contributed by atoms with van der Waals surface area (Å²) in [4.78, 5) is 15.4. The van der Waals surface area contributed by atoms with Gasteiger partial charge in [0.2, 0.25) is 0 Å². The van der Waals surface area contributed by atoms with Gasteiger partial charge < -0.3 is 14.2 Å². The number of unbranched alkanes of at least 4 members (excludes halogenated alkanes) is 5. The molecule has 1 aromatic rings. The third kappa shape index (κ3) is 60.8. The van der Waals surface area contributed by atoms with Crippen molar-refractivity contribution in [3.63, 3.8) is 0 Å². The summed E-state index contributed by atoms with van der Waals surface area (Å²) < 4.78 is 20.6. The number of rotatable bonds is 80. The minimum atomic E-state index is -1.46. The lowest BCUT2D eigenvalue weighted by Gasteiger charge is -2.32. The van der Waals surface area contributed by atoms with Gasteiger partial charge in [-0.15, -0.1) is 111 Å². The minimum absolute atomic E-state index is 0.757. The lowest BCUT2D eigenvalue weighted by atomic mass is 10.2. The van der Waals surface area contributed by atoms with Gasteiger partial charge in [-0.05, 0) is 97.1 Å². The molecule has 1 aromatic carbocycles. The van der Waals surface area contributed by atoms with Crippen LogP contribution in [0.25, 0.3) is 0 Å². The second-order valence-corrected chi connectivity index (χ2v) is 92.7. The quantitative estimate of drug-likeness (QED) is 0.0361. The van der Waals surface area contributed by atoms with Crippen molar-refractivity contribution in [1.29, 1.82) is 0 Å². The summed E-state index contributed by atoms with van der Waals surface area (Å²) in [5, 5.41) is 0. The molecule has 30 heteroatoms. The zero-order valence-corrected chi connectivity index (χ0v) is 100. The Morgan fingerprint density at radius 3 is 0.504 bits per heavy atom. The Morgan fingerprint density at radius 1 is 0.186 bits per heavy atom. The maximum absolute atomic E-state index is 6.89. The van der Waals surface area contributed by atoms with Crippen molar-refractivity contribution in [2.45, 2.75) is 354 Å². The van der Waals surface area contributed by atoms with Crippen molar-refractivity contribution in [3.05, 3.63) is 18.2 Å². The Labute approximate surface area is 744 Å². The first-order chi connectivity index (χ1) is 53.4. The van der Waals surface area contributed by atoms with E-state index in [1.807, 2.05) is 0 Å². The molecule has 672 valence electrons. The molecule has 12 unspecified atom stereocenters. The van der Waals surface area contributed by atoms with Crippen molar-refractivity contribution in [3.8, 4) is 17.2 Å². The third-order valence-corrected chi connectivity index (χ3v) is 67.3. The summed E-state index contributed by atoms with van der Waals surface area (Å²) in [6.45, 7) is 50.6. The monoisotopic (exact) mass is 1950 g/mol.